The van der Waals surface area contributed by atoms with Crippen LogP contribution in [0.15, 0.2) is 59.7 Å². The first-order chi connectivity index (χ1) is 14.7. The Labute approximate surface area is 173 Å². The molecule has 0 aliphatic carbocycles. The number of benzene rings is 2. The molecule has 3 aromatic heterocycles. The van der Waals surface area contributed by atoms with Crippen LogP contribution in [-0.4, -0.2) is 24.1 Å². The first-order valence-electron chi connectivity index (χ1n) is 10.4. The number of aromatic nitrogens is 5. The summed E-state index contributed by atoms with van der Waals surface area (Å²) >= 11 is 0. The molecule has 6 nitrogen and oxygen atoms in total. The second kappa shape index (κ2) is 7.37. The Balaban J connectivity index is 1.86. The van der Waals surface area contributed by atoms with Crippen molar-refractivity contribution in [2.45, 2.75) is 39.7 Å². The van der Waals surface area contributed by atoms with Crippen LogP contribution in [0.25, 0.3) is 38.9 Å². The van der Waals surface area contributed by atoms with Crippen LogP contribution in [0.3, 0.4) is 0 Å². The Bertz CT molecular complexity index is 1430. The molecule has 30 heavy (non-hydrogen) atoms. The Morgan fingerprint density at radius 2 is 1.63 bits per heavy atom. The van der Waals surface area contributed by atoms with E-state index in [1.807, 2.05) is 53.1 Å². The number of nitrogens with zero attached hydrogens (tertiary/aromatic N) is 5. The topological polar surface area (TPSA) is 65.6 Å². The Morgan fingerprint density at radius 3 is 2.37 bits per heavy atom. The third kappa shape index (κ3) is 2.96. The van der Waals surface area contributed by atoms with Gasteiger partial charge in [-0.2, -0.15) is 0 Å². The van der Waals surface area contributed by atoms with E-state index in [1.54, 1.807) is 10.9 Å². The van der Waals surface area contributed by atoms with Gasteiger partial charge in [0.25, 0.3) is 5.56 Å². The van der Waals surface area contributed by atoms with Crippen molar-refractivity contribution in [1.82, 2.24) is 24.1 Å². The minimum atomic E-state index is -0.0588. The average Bonchev–Trinajstić information content (AvgIpc) is 3.08. The Kier molecular flexibility index (Phi) is 4.54. The molecule has 0 radical (unpaired) electrons. The first kappa shape index (κ1) is 18.5. The maximum absolute atomic E-state index is 13.4. The van der Waals surface area contributed by atoms with Crippen molar-refractivity contribution in [1.29, 1.82) is 0 Å². The van der Waals surface area contributed by atoms with E-state index < -0.39 is 0 Å². The zero-order valence-electron chi connectivity index (χ0n) is 17.2. The van der Waals surface area contributed by atoms with Crippen molar-refractivity contribution in [2.24, 2.45) is 0 Å². The van der Waals surface area contributed by atoms with Crippen LogP contribution in [0.1, 0.15) is 31.7 Å². The van der Waals surface area contributed by atoms with E-state index in [-0.39, 0.29) is 5.56 Å². The molecular weight excluding hydrogens is 374 g/mol. The van der Waals surface area contributed by atoms with E-state index in [0.29, 0.717) is 28.7 Å². The second-order valence-electron chi connectivity index (χ2n) is 7.70. The molecule has 0 aliphatic heterocycles. The summed E-state index contributed by atoms with van der Waals surface area (Å²) in [4.78, 5) is 27.8. The summed E-state index contributed by atoms with van der Waals surface area (Å²) in [5, 5.41) is 0.530. The molecule has 2 aromatic carbocycles. The Morgan fingerprint density at radius 1 is 0.900 bits per heavy atom. The largest absolute Gasteiger partial charge is 0.299 e. The number of unbranched alkanes of at least 4 members (excludes halogenated alkanes) is 2. The lowest BCUT2D eigenvalue weighted by Crippen LogP contribution is -2.20. The number of fused-ring (bicyclic) bond motifs is 4. The van der Waals surface area contributed by atoms with Gasteiger partial charge in [0.1, 0.15) is 10.9 Å². The fraction of sp³-hybridized carbons (Fsp3) is 0.250. The van der Waals surface area contributed by atoms with E-state index in [9.17, 15) is 4.79 Å². The number of rotatable bonds is 5. The van der Waals surface area contributed by atoms with Gasteiger partial charge in [-0.3, -0.25) is 13.9 Å². The maximum atomic E-state index is 13.4. The third-order valence-corrected chi connectivity index (χ3v) is 5.53. The van der Waals surface area contributed by atoms with E-state index >= 15 is 0 Å². The normalized spacial score (nSPS) is 11.7. The molecular formula is C24H23N5O. The number of hydrogen-bond donors (Lipinski definition) is 0. The highest BCUT2D eigenvalue weighted by molar-refractivity contribution is 6.05. The quantitative estimate of drug-likeness (QED) is 0.400. The zero-order valence-corrected chi connectivity index (χ0v) is 17.2. The predicted molar refractivity (Wildman–Crippen MR) is 120 cm³/mol. The highest BCUT2D eigenvalue weighted by atomic mass is 16.1. The predicted octanol–water partition coefficient (Wildman–Crippen LogP) is 4.78. The number of para-hydroxylation sites is 2. The van der Waals surface area contributed by atoms with Gasteiger partial charge in [-0.1, -0.05) is 49.6 Å². The summed E-state index contributed by atoms with van der Waals surface area (Å²) in [5.74, 6) is 0. The fourth-order valence-electron chi connectivity index (χ4n) is 3.90. The third-order valence-electron chi connectivity index (χ3n) is 5.53. The second-order valence-corrected chi connectivity index (χ2v) is 7.70. The summed E-state index contributed by atoms with van der Waals surface area (Å²) < 4.78 is 3.65. The van der Waals surface area contributed by atoms with Crippen molar-refractivity contribution < 1.29 is 0 Å². The smallest absolute Gasteiger partial charge is 0.265 e. The summed E-state index contributed by atoms with van der Waals surface area (Å²) in [5.41, 5.74) is 5.45. The molecule has 0 unspecified atom stereocenters. The van der Waals surface area contributed by atoms with Crippen molar-refractivity contribution in [2.75, 3.05) is 0 Å². The molecule has 0 bridgehead atoms. The van der Waals surface area contributed by atoms with Crippen LogP contribution in [0, 0.1) is 6.92 Å². The van der Waals surface area contributed by atoms with Crippen molar-refractivity contribution in [3.8, 4) is 5.69 Å². The molecule has 3 heterocycles. The van der Waals surface area contributed by atoms with E-state index in [4.69, 9.17) is 15.0 Å². The minimum Gasteiger partial charge on any atom is -0.299 e. The van der Waals surface area contributed by atoms with Crippen molar-refractivity contribution in [3.63, 3.8) is 0 Å². The van der Waals surface area contributed by atoms with E-state index in [0.717, 1.165) is 36.0 Å². The molecule has 5 rings (SSSR count). The highest BCUT2D eigenvalue weighted by Gasteiger charge is 2.20. The first-order valence-corrected chi connectivity index (χ1v) is 10.4. The van der Waals surface area contributed by atoms with Crippen LogP contribution >= 0.6 is 0 Å². The van der Waals surface area contributed by atoms with Crippen molar-refractivity contribution >= 4 is 33.2 Å². The summed E-state index contributed by atoms with van der Waals surface area (Å²) in [6.07, 6.45) is 4.80. The number of aryl methyl sites for hydroxylation is 2. The van der Waals surface area contributed by atoms with Gasteiger partial charge in [-0.05, 0) is 37.6 Å². The van der Waals surface area contributed by atoms with E-state index in [2.05, 4.69) is 13.8 Å². The summed E-state index contributed by atoms with van der Waals surface area (Å²) in [7, 11) is 0. The number of hydrogen-bond acceptors (Lipinski definition) is 4. The molecule has 0 aliphatic rings. The molecule has 0 saturated heterocycles. The van der Waals surface area contributed by atoms with Gasteiger partial charge < -0.3 is 0 Å². The van der Waals surface area contributed by atoms with Gasteiger partial charge in [-0.15, -0.1) is 0 Å². The SMILES string of the molecule is CCCCCn1cnc2c(c1=O)c1nc3ccccc3nc1n2-c1ccc(C)cc1. The molecule has 0 N–H and O–H groups in total. The van der Waals surface area contributed by atoms with Gasteiger partial charge >= 0.3 is 0 Å². The van der Waals surface area contributed by atoms with Gasteiger partial charge in [0.15, 0.2) is 11.3 Å². The van der Waals surface area contributed by atoms with Crippen LogP contribution in [0.2, 0.25) is 0 Å². The molecule has 6 heteroatoms. The van der Waals surface area contributed by atoms with Crippen LogP contribution < -0.4 is 5.56 Å². The van der Waals surface area contributed by atoms with Crippen LogP contribution in [0.4, 0.5) is 0 Å². The molecule has 0 atom stereocenters. The maximum Gasteiger partial charge on any atom is 0.265 e. The minimum absolute atomic E-state index is 0.0588. The van der Waals surface area contributed by atoms with Gasteiger partial charge in [-0.25, -0.2) is 15.0 Å². The lowest BCUT2D eigenvalue weighted by molar-refractivity contribution is 0.584. The molecule has 0 amide bonds. The highest BCUT2D eigenvalue weighted by Crippen LogP contribution is 2.28. The van der Waals surface area contributed by atoms with Crippen LogP contribution in [0.5, 0.6) is 0 Å². The Hall–Kier alpha value is -3.54. The summed E-state index contributed by atoms with van der Waals surface area (Å²) in [6.45, 7) is 4.87. The van der Waals surface area contributed by atoms with Gasteiger partial charge in [0.05, 0.1) is 17.4 Å². The monoisotopic (exact) mass is 397 g/mol. The lowest BCUT2D eigenvalue weighted by Gasteiger charge is -2.08. The van der Waals surface area contributed by atoms with Gasteiger partial charge in [0, 0.05) is 12.2 Å². The van der Waals surface area contributed by atoms with Crippen molar-refractivity contribution in [3.05, 3.63) is 70.8 Å². The van der Waals surface area contributed by atoms with Gasteiger partial charge in [0.2, 0.25) is 0 Å². The van der Waals surface area contributed by atoms with Crippen LogP contribution in [-0.2, 0) is 6.54 Å². The average molecular weight is 397 g/mol. The molecule has 0 fully saturated rings. The van der Waals surface area contributed by atoms with E-state index in [1.165, 1.54) is 5.56 Å². The molecule has 0 spiro atoms. The fourth-order valence-corrected chi connectivity index (χ4v) is 3.90. The standard InChI is InChI=1S/C24H23N5O/c1-3-4-7-14-28-15-25-22-20(24(28)30)21-23(27-19-9-6-5-8-18(19)26-21)29(22)17-12-10-16(2)11-13-17/h5-6,8-13,15H,3-4,7,14H2,1-2H3. The zero-order chi connectivity index (χ0) is 20.7. The molecule has 150 valence electrons. The molecule has 5 aromatic rings. The molecule has 0 saturated carbocycles. The lowest BCUT2D eigenvalue weighted by atomic mass is 10.2. The summed E-state index contributed by atoms with van der Waals surface area (Å²) in [6, 6.07) is 15.9.